The van der Waals surface area contributed by atoms with E-state index < -0.39 is 0 Å². The lowest BCUT2D eigenvalue weighted by atomic mass is 10.0. The summed E-state index contributed by atoms with van der Waals surface area (Å²) in [6, 6.07) is 3.27. The summed E-state index contributed by atoms with van der Waals surface area (Å²) >= 11 is 8.54. The minimum Gasteiger partial charge on any atom is -0.381 e. The number of nitrogens with zero attached hydrogens (tertiary/aromatic N) is 1. The van der Waals surface area contributed by atoms with Crippen molar-refractivity contribution in [2.75, 3.05) is 13.2 Å². The SMILES string of the molecule is Fc1cc2c(cc1Br)[nH]c(=S)n2CC1CCOCC1. The molecule has 102 valence electrons. The van der Waals surface area contributed by atoms with E-state index in [4.69, 9.17) is 17.0 Å². The van der Waals surface area contributed by atoms with Crippen LogP contribution < -0.4 is 0 Å². The zero-order valence-corrected chi connectivity index (χ0v) is 12.7. The van der Waals surface area contributed by atoms with Crippen molar-refractivity contribution in [2.45, 2.75) is 19.4 Å². The van der Waals surface area contributed by atoms with Crippen molar-refractivity contribution in [2.24, 2.45) is 5.92 Å². The zero-order valence-electron chi connectivity index (χ0n) is 10.3. The Balaban J connectivity index is 2.00. The summed E-state index contributed by atoms with van der Waals surface area (Å²) in [4.78, 5) is 3.13. The molecule has 0 radical (unpaired) electrons. The topological polar surface area (TPSA) is 29.9 Å². The van der Waals surface area contributed by atoms with Crippen molar-refractivity contribution in [3.63, 3.8) is 0 Å². The number of H-pyrrole nitrogens is 1. The second kappa shape index (κ2) is 5.34. The van der Waals surface area contributed by atoms with Crippen LogP contribution >= 0.6 is 28.1 Å². The van der Waals surface area contributed by atoms with E-state index in [1.54, 1.807) is 6.07 Å². The number of halogens is 2. The van der Waals surface area contributed by atoms with Crippen LogP contribution in [0.25, 0.3) is 11.0 Å². The molecule has 0 atom stereocenters. The van der Waals surface area contributed by atoms with E-state index in [0.29, 0.717) is 15.2 Å². The number of fused-ring (bicyclic) bond motifs is 1. The Kier molecular flexibility index (Phi) is 3.73. The Morgan fingerprint density at radius 2 is 2.16 bits per heavy atom. The Hall–Kier alpha value is -0.720. The normalized spacial score (nSPS) is 17.2. The van der Waals surface area contributed by atoms with Gasteiger partial charge in [-0.05, 0) is 53.0 Å². The zero-order chi connectivity index (χ0) is 13.4. The van der Waals surface area contributed by atoms with Gasteiger partial charge in [0.15, 0.2) is 4.77 Å². The van der Waals surface area contributed by atoms with Gasteiger partial charge < -0.3 is 14.3 Å². The molecule has 0 bridgehead atoms. The molecule has 0 spiro atoms. The molecule has 2 heterocycles. The van der Waals surface area contributed by atoms with Crippen LogP contribution in [0.2, 0.25) is 0 Å². The van der Waals surface area contributed by atoms with Crippen LogP contribution in [0.15, 0.2) is 16.6 Å². The summed E-state index contributed by atoms with van der Waals surface area (Å²) < 4.78 is 22.2. The lowest BCUT2D eigenvalue weighted by Crippen LogP contribution is -2.20. The van der Waals surface area contributed by atoms with E-state index in [1.807, 2.05) is 4.57 Å². The van der Waals surface area contributed by atoms with Crippen LogP contribution in [0.4, 0.5) is 4.39 Å². The molecule has 3 rings (SSSR count). The first-order chi connectivity index (χ1) is 9.15. The minimum atomic E-state index is -0.262. The molecular weight excluding hydrogens is 331 g/mol. The highest BCUT2D eigenvalue weighted by atomic mass is 79.9. The molecule has 1 aromatic heterocycles. The molecule has 0 saturated carbocycles. The van der Waals surface area contributed by atoms with Crippen LogP contribution in [-0.2, 0) is 11.3 Å². The molecule has 6 heteroatoms. The Labute approximate surface area is 123 Å². The van der Waals surface area contributed by atoms with E-state index in [2.05, 4.69) is 20.9 Å². The fourth-order valence-electron chi connectivity index (χ4n) is 2.52. The number of imidazole rings is 1. The van der Waals surface area contributed by atoms with Crippen molar-refractivity contribution in [3.05, 3.63) is 27.2 Å². The van der Waals surface area contributed by atoms with Gasteiger partial charge in [-0.25, -0.2) is 4.39 Å². The molecule has 1 aliphatic rings. The maximum Gasteiger partial charge on any atom is 0.178 e. The summed E-state index contributed by atoms with van der Waals surface area (Å²) in [5, 5.41) is 0. The number of rotatable bonds is 2. The van der Waals surface area contributed by atoms with Gasteiger partial charge in [-0.15, -0.1) is 0 Å². The van der Waals surface area contributed by atoms with Crippen molar-refractivity contribution in [1.82, 2.24) is 9.55 Å². The van der Waals surface area contributed by atoms with E-state index in [0.717, 1.165) is 43.6 Å². The molecule has 1 aromatic carbocycles. The second-order valence-corrected chi connectivity index (χ2v) is 6.12. The van der Waals surface area contributed by atoms with E-state index in [1.165, 1.54) is 6.07 Å². The van der Waals surface area contributed by atoms with Crippen LogP contribution in [0.5, 0.6) is 0 Å². The monoisotopic (exact) mass is 344 g/mol. The molecule has 0 aliphatic carbocycles. The standard InChI is InChI=1S/C13H14BrFN2OS/c14-9-5-11-12(6-10(9)15)17(13(19)16-11)7-8-1-3-18-4-2-8/h5-6,8H,1-4,7H2,(H,16,19). The van der Waals surface area contributed by atoms with Crippen LogP contribution in [0, 0.1) is 16.5 Å². The van der Waals surface area contributed by atoms with Gasteiger partial charge >= 0.3 is 0 Å². The van der Waals surface area contributed by atoms with Crippen molar-refractivity contribution < 1.29 is 9.13 Å². The van der Waals surface area contributed by atoms with E-state index in [9.17, 15) is 4.39 Å². The first-order valence-corrected chi connectivity index (χ1v) is 7.50. The van der Waals surface area contributed by atoms with Crippen molar-refractivity contribution >= 4 is 39.2 Å². The average molecular weight is 345 g/mol. The van der Waals surface area contributed by atoms with Crippen molar-refractivity contribution in [3.8, 4) is 0 Å². The van der Waals surface area contributed by atoms with Gasteiger partial charge in [-0.3, -0.25) is 0 Å². The number of benzene rings is 1. The first-order valence-electron chi connectivity index (χ1n) is 6.30. The molecule has 0 unspecified atom stereocenters. The molecule has 1 fully saturated rings. The lowest BCUT2D eigenvalue weighted by molar-refractivity contribution is 0.0615. The van der Waals surface area contributed by atoms with Gasteiger partial charge in [-0.1, -0.05) is 0 Å². The predicted molar refractivity (Wildman–Crippen MR) is 78.3 cm³/mol. The maximum atomic E-state index is 13.7. The van der Waals surface area contributed by atoms with Gasteiger partial charge in [0, 0.05) is 25.8 Å². The van der Waals surface area contributed by atoms with Gasteiger partial charge in [-0.2, -0.15) is 0 Å². The third kappa shape index (κ3) is 2.61. The first kappa shape index (κ1) is 13.3. The van der Waals surface area contributed by atoms with Gasteiger partial charge in [0.2, 0.25) is 0 Å². The highest BCUT2D eigenvalue weighted by molar-refractivity contribution is 9.10. The fraction of sp³-hybridized carbons (Fsp3) is 0.462. The van der Waals surface area contributed by atoms with E-state index in [-0.39, 0.29) is 5.82 Å². The van der Waals surface area contributed by atoms with Crippen LogP contribution in [-0.4, -0.2) is 22.8 Å². The average Bonchev–Trinajstić information content (AvgIpc) is 2.68. The summed E-state index contributed by atoms with van der Waals surface area (Å²) in [6.45, 7) is 2.43. The van der Waals surface area contributed by atoms with Crippen LogP contribution in [0.3, 0.4) is 0 Å². The van der Waals surface area contributed by atoms with E-state index >= 15 is 0 Å². The summed E-state index contributed by atoms with van der Waals surface area (Å²) in [7, 11) is 0. The lowest BCUT2D eigenvalue weighted by Gasteiger charge is -2.22. The quantitative estimate of drug-likeness (QED) is 0.833. The Morgan fingerprint density at radius 3 is 2.89 bits per heavy atom. The third-order valence-electron chi connectivity index (χ3n) is 3.60. The largest absolute Gasteiger partial charge is 0.381 e. The molecule has 1 aliphatic heterocycles. The third-order valence-corrected chi connectivity index (χ3v) is 4.53. The molecule has 2 aromatic rings. The summed E-state index contributed by atoms with van der Waals surface area (Å²) in [5.41, 5.74) is 1.70. The number of aromatic nitrogens is 2. The van der Waals surface area contributed by atoms with Crippen molar-refractivity contribution in [1.29, 1.82) is 0 Å². The Morgan fingerprint density at radius 1 is 1.42 bits per heavy atom. The maximum absolute atomic E-state index is 13.7. The minimum absolute atomic E-state index is 0.262. The summed E-state index contributed by atoms with van der Waals surface area (Å²) in [6.07, 6.45) is 2.07. The number of ether oxygens (including phenoxy) is 1. The van der Waals surface area contributed by atoms with Crippen LogP contribution in [0.1, 0.15) is 12.8 Å². The predicted octanol–water partition coefficient (Wildman–Crippen LogP) is 4.03. The van der Waals surface area contributed by atoms with Gasteiger partial charge in [0.05, 0.1) is 15.5 Å². The van der Waals surface area contributed by atoms with Gasteiger partial charge in [0.25, 0.3) is 0 Å². The number of aromatic amines is 1. The molecule has 0 amide bonds. The highest BCUT2D eigenvalue weighted by Crippen LogP contribution is 2.25. The Bertz CT molecular complexity index is 660. The molecular formula is C13H14BrFN2OS. The number of nitrogens with one attached hydrogen (secondary N) is 1. The number of hydrogen-bond donors (Lipinski definition) is 1. The molecule has 19 heavy (non-hydrogen) atoms. The summed E-state index contributed by atoms with van der Waals surface area (Å²) in [5.74, 6) is 0.286. The highest BCUT2D eigenvalue weighted by Gasteiger charge is 2.17. The fourth-order valence-corrected chi connectivity index (χ4v) is 3.15. The molecule has 3 nitrogen and oxygen atoms in total. The number of hydrogen-bond acceptors (Lipinski definition) is 2. The van der Waals surface area contributed by atoms with Gasteiger partial charge in [0.1, 0.15) is 5.82 Å². The molecule has 1 N–H and O–H groups in total. The second-order valence-electron chi connectivity index (χ2n) is 4.88. The molecule has 1 saturated heterocycles. The smallest absolute Gasteiger partial charge is 0.178 e.